The molecule has 2 heteroatoms. The summed E-state index contributed by atoms with van der Waals surface area (Å²) in [6.45, 7) is 4.76. The molecule has 0 saturated carbocycles. The van der Waals surface area contributed by atoms with Gasteiger partial charge in [-0.1, -0.05) is 145 Å². The first-order chi connectivity index (χ1) is 17.1. The van der Waals surface area contributed by atoms with Crippen LogP contribution in [0.1, 0.15) is 114 Å². The van der Waals surface area contributed by atoms with Gasteiger partial charge in [0.2, 0.25) is 0 Å². The third-order valence-corrected chi connectivity index (χ3v) is 7.88. The molecule has 0 radical (unpaired) electrons. The van der Waals surface area contributed by atoms with Crippen LogP contribution in [0.5, 0.6) is 0 Å². The van der Waals surface area contributed by atoms with Crippen molar-refractivity contribution >= 4 is 0 Å². The van der Waals surface area contributed by atoms with Gasteiger partial charge in [-0.05, 0) is 24.0 Å². The van der Waals surface area contributed by atoms with Gasteiger partial charge in [-0.15, -0.1) is 0 Å². The van der Waals surface area contributed by atoms with Crippen LogP contribution in [0, 0.1) is 0 Å². The minimum absolute atomic E-state index is 0.0137. The molecule has 1 aromatic heterocycles. The van der Waals surface area contributed by atoms with Gasteiger partial charge in [-0.2, -0.15) is 0 Å². The first kappa shape index (κ1) is 27.2. The van der Waals surface area contributed by atoms with Gasteiger partial charge in [0.25, 0.3) is 0 Å². The van der Waals surface area contributed by atoms with E-state index in [2.05, 4.69) is 92.3 Å². The van der Waals surface area contributed by atoms with Crippen molar-refractivity contribution in [3.05, 3.63) is 90.0 Å². The summed E-state index contributed by atoms with van der Waals surface area (Å²) in [5, 5.41) is 0. The molecule has 0 spiro atoms. The smallest absolute Gasteiger partial charge is 0.112 e. The first-order valence-electron chi connectivity index (χ1n) is 14.2. The van der Waals surface area contributed by atoms with E-state index >= 15 is 0 Å². The molecule has 1 heterocycles. The van der Waals surface area contributed by atoms with Crippen molar-refractivity contribution in [1.29, 1.82) is 0 Å². The molecule has 2 unspecified atom stereocenters. The summed E-state index contributed by atoms with van der Waals surface area (Å²) < 4.78 is 2.25. The Balaban J connectivity index is 1.64. The van der Waals surface area contributed by atoms with Crippen LogP contribution < -0.4 is 0 Å². The second-order valence-electron chi connectivity index (χ2n) is 10.7. The Bertz CT molecular complexity index is 930. The molecule has 2 atom stereocenters. The van der Waals surface area contributed by atoms with Crippen LogP contribution in [-0.4, -0.2) is 9.55 Å². The predicted molar refractivity (Wildman–Crippen MR) is 151 cm³/mol. The minimum atomic E-state index is -0.0137. The molecule has 0 aliphatic heterocycles. The van der Waals surface area contributed by atoms with E-state index in [4.69, 9.17) is 4.98 Å². The van der Waals surface area contributed by atoms with Crippen molar-refractivity contribution in [2.75, 3.05) is 0 Å². The summed E-state index contributed by atoms with van der Waals surface area (Å²) in [6, 6.07) is 22.2. The van der Waals surface area contributed by atoms with Crippen molar-refractivity contribution in [1.82, 2.24) is 9.55 Å². The van der Waals surface area contributed by atoms with Crippen molar-refractivity contribution < 1.29 is 0 Å². The number of rotatable bonds is 17. The number of unbranched alkanes of at least 4 members (excludes halogenated alkanes) is 10. The largest absolute Gasteiger partial charge is 0.338 e. The van der Waals surface area contributed by atoms with Gasteiger partial charge in [0.15, 0.2) is 0 Å². The lowest BCUT2D eigenvalue weighted by Gasteiger charge is -2.39. The third-order valence-electron chi connectivity index (χ3n) is 7.88. The highest BCUT2D eigenvalue weighted by Crippen LogP contribution is 2.44. The normalized spacial score (nSPS) is 14.0. The van der Waals surface area contributed by atoms with Gasteiger partial charge in [0.05, 0.1) is 0 Å². The zero-order valence-electron chi connectivity index (χ0n) is 22.6. The molecule has 2 nitrogen and oxygen atoms in total. The highest BCUT2D eigenvalue weighted by atomic mass is 15.0. The quantitative estimate of drug-likeness (QED) is 0.179. The van der Waals surface area contributed by atoms with Crippen molar-refractivity contribution in [2.45, 2.75) is 109 Å². The van der Waals surface area contributed by atoms with Crippen molar-refractivity contribution in [2.24, 2.45) is 7.05 Å². The van der Waals surface area contributed by atoms with E-state index in [1.165, 1.54) is 94.0 Å². The number of hydrogen-bond donors (Lipinski definition) is 0. The standard InChI is InChI=1S/C33H48N2/c1-4-5-6-7-8-9-10-11-12-13-20-25-31(32-34-26-27-35(32)3)33(2,30-23-18-15-19-24-30)28-29-21-16-14-17-22-29/h14-19,21-24,26-27,31H,4-13,20,25,28H2,1-3H3. The fourth-order valence-corrected chi connectivity index (χ4v) is 5.72. The first-order valence-corrected chi connectivity index (χ1v) is 14.2. The van der Waals surface area contributed by atoms with Gasteiger partial charge in [0, 0.05) is 30.8 Å². The maximum Gasteiger partial charge on any atom is 0.112 e. The van der Waals surface area contributed by atoms with Gasteiger partial charge >= 0.3 is 0 Å². The summed E-state index contributed by atoms with van der Waals surface area (Å²) in [5.41, 5.74) is 2.80. The highest BCUT2D eigenvalue weighted by molar-refractivity contribution is 5.33. The van der Waals surface area contributed by atoms with Crippen LogP contribution in [-0.2, 0) is 18.9 Å². The Morgan fingerprint density at radius 3 is 1.83 bits per heavy atom. The summed E-state index contributed by atoms with van der Waals surface area (Å²) in [6.07, 6.45) is 21.5. The molecular formula is C33H48N2. The van der Waals surface area contributed by atoms with Crippen molar-refractivity contribution in [3.8, 4) is 0 Å². The second kappa shape index (κ2) is 14.9. The predicted octanol–water partition coefficient (Wildman–Crippen LogP) is 9.41. The summed E-state index contributed by atoms with van der Waals surface area (Å²) in [4.78, 5) is 4.88. The maximum absolute atomic E-state index is 4.88. The Morgan fingerprint density at radius 1 is 0.743 bits per heavy atom. The van der Waals surface area contributed by atoms with Crippen LogP contribution in [0.2, 0.25) is 0 Å². The van der Waals surface area contributed by atoms with E-state index in [1.54, 1.807) is 0 Å². The molecule has 35 heavy (non-hydrogen) atoms. The molecular weight excluding hydrogens is 424 g/mol. The van der Waals surface area contributed by atoms with E-state index in [9.17, 15) is 0 Å². The van der Waals surface area contributed by atoms with Gasteiger partial charge in [-0.3, -0.25) is 0 Å². The number of imidazole rings is 1. The molecule has 0 fully saturated rings. The van der Waals surface area contributed by atoms with Crippen LogP contribution in [0.4, 0.5) is 0 Å². The molecule has 0 saturated heterocycles. The molecule has 0 aliphatic rings. The van der Waals surface area contributed by atoms with Crippen molar-refractivity contribution in [3.63, 3.8) is 0 Å². The van der Waals surface area contributed by atoms with Gasteiger partial charge in [0.1, 0.15) is 5.82 Å². The van der Waals surface area contributed by atoms with Crippen LogP contribution in [0.15, 0.2) is 73.1 Å². The Labute approximate surface area is 215 Å². The fourth-order valence-electron chi connectivity index (χ4n) is 5.72. The van der Waals surface area contributed by atoms with Gasteiger partial charge < -0.3 is 4.57 Å². The molecule has 3 rings (SSSR count). The Morgan fingerprint density at radius 2 is 1.29 bits per heavy atom. The van der Waals surface area contributed by atoms with E-state index in [0.29, 0.717) is 5.92 Å². The molecule has 190 valence electrons. The lowest BCUT2D eigenvalue weighted by molar-refractivity contribution is 0.326. The van der Waals surface area contributed by atoms with Crippen LogP contribution in [0.25, 0.3) is 0 Å². The van der Waals surface area contributed by atoms with Crippen LogP contribution >= 0.6 is 0 Å². The van der Waals surface area contributed by atoms with Gasteiger partial charge in [-0.25, -0.2) is 4.98 Å². The summed E-state index contributed by atoms with van der Waals surface area (Å²) in [5.74, 6) is 1.60. The molecule has 0 aliphatic carbocycles. The summed E-state index contributed by atoms with van der Waals surface area (Å²) in [7, 11) is 2.16. The Kier molecular flexibility index (Phi) is 11.6. The highest BCUT2D eigenvalue weighted by Gasteiger charge is 2.38. The maximum atomic E-state index is 4.88. The fraction of sp³-hybridized carbons (Fsp3) is 0.545. The average molecular weight is 473 g/mol. The molecule has 0 bridgehead atoms. The lowest BCUT2D eigenvalue weighted by Crippen LogP contribution is -2.34. The zero-order chi connectivity index (χ0) is 24.8. The minimum Gasteiger partial charge on any atom is -0.338 e. The molecule has 2 aromatic carbocycles. The number of nitrogens with zero attached hydrogens (tertiary/aromatic N) is 2. The SMILES string of the molecule is CCCCCCCCCCCCCC(c1nccn1C)C(C)(Cc1ccccc1)c1ccccc1. The second-order valence-corrected chi connectivity index (χ2v) is 10.7. The molecule has 0 N–H and O–H groups in total. The average Bonchev–Trinajstić information content (AvgIpc) is 3.31. The number of aryl methyl sites for hydroxylation is 1. The van der Waals surface area contributed by atoms with E-state index < -0.39 is 0 Å². The van der Waals surface area contributed by atoms with E-state index in [0.717, 1.165) is 6.42 Å². The van der Waals surface area contributed by atoms with E-state index in [1.807, 2.05) is 6.20 Å². The Hall–Kier alpha value is -2.35. The lowest BCUT2D eigenvalue weighted by atomic mass is 9.66. The van der Waals surface area contributed by atoms with Crippen LogP contribution in [0.3, 0.4) is 0 Å². The monoisotopic (exact) mass is 472 g/mol. The van der Waals surface area contributed by atoms with E-state index in [-0.39, 0.29) is 5.41 Å². The third kappa shape index (κ3) is 8.37. The summed E-state index contributed by atoms with van der Waals surface area (Å²) >= 11 is 0. The molecule has 3 aromatic rings. The topological polar surface area (TPSA) is 17.8 Å². The number of benzene rings is 2. The number of hydrogen-bond acceptors (Lipinski definition) is 1. The zero-order valence-corrected chi connectivity index (χ0v) is 22.6. The number of aromatic nitrogens is 2. The molecule has 0 amide bonds.